The first-order valence-corrected chi connectivity index (χ1v) is 9.14. The third-order valence-corrected chi connectivity index (χ3v) is 4.96. The highest BCUT2D eigenvalue weighted by Gasteiger charge is 2.44. The largest absolute Gasteiger partial charge is 0.387 e. The normalized spacial score (nSPS) is 35.5. The molecule has 11 nitrogen and oxygen atoms in total. The quantitative estimate of drug-likeness (QED) is 0.293. The maximum absolute atomic E-state index is 11.9. The Morgan fingerprint density at radius 2 is 1.71 bits per heavy atom. The number of carbonyl (C=O) groups is 1. The summed E-state index contributed by atoms with van der Waals surface area (Å²) in [7, 11) is 0. The summed E-state index contributed by atoms with van der Waals surface area (Å²) in [6.45, 7) is 6.86. The van der Waals surface area contributed by atoms with Gasteiger partial charge in [0.2, 0.25) is 0 Å². The number of aliphatic hydroxyl groups excluding tert-OH is 4. The van der Waals surface area contributed by atoms with Crippen LogP contribution in [0.25, 0.3) is 0 Å². The fourth-order valence-electron chi connectivity index (χ4n) is 3.62. The topological polar surface area (TPSA) is 164 Å². The third kappa shape index (κ3) is 5.24. The van der Waals surface area contributed by atoms with Gasteiger partial charge in [-0.25, -0.2) is 5.43 Å². The molecule has 2 fully saturated rings. The summed E-state index contributed by atoms with van der Waals surface area (Å²) in [6.07, 6.45) is -6.46. The molecule has 11 heteroatoms. The van der Waals surface area contributed by atoms with Crippen molar-refractivity contribution in [1.82, 2.24) is 10.5 Å². The summed E-state index contributed by atoms with van der Waals surface area (Å²) in [5.74, 6) is -0.527. The van der Waals surface area contributed by atoms with Gasteiger partial charge < -0.3 is 35.1 Å². The smallest absolute Gasteiger partial charge is 0.266 e. The molecule has 0 spiro atoms. The number of amides is 1. The van der Waals surface area contributed by atoms with Gasteiger partial charge in [0, 0.05) is 29.6 Å². The first-order chi connectivity index (χ1) is 12.8. The number of nitrogens with one attached hydrogen (secondary N) is 1. The fourth-order valence-corrected chi connectivity index (χ4v) is 3.62. The van der Waals surface area contributed by atoms with Crippen LogP contribution in [0.1, 0.15) is 40.5 Å². The number of ether oxygens (including phenoxy) is 2. The zero-order chi connectivity index (χ0) is 21.3. The van der Waals surface area contributed by atoms with Crippen molar-refractivity contribution in [3.05, 3.63) is 0 Å². The number of hydrogen-bond donors (Lipinski definition) is 6. The molecule has 2 saturated heterocycles. The summed E-state index contributed by atoms with van der Waals surface area (Å²) < 4.78 is 10.1. The van der Waals surface area contributed by atoms with E-state index in [4.69, 9.17) is 9.47 Å². The molecule has 2 heterocycles. The molecule has 6 N–H and O–H groups in total. The average Bonchev–Trinajstić information content (AvgIpc) is 2.60. The van der Waals surface area contributed by atoms with E-state index in [1.165, 1.54) is 5.06 Å². The summed E-state index contributed by atoms with van der Waals surface area (Å²) in [5.41, 5.74) is 2.08. The van der Waals surface area contributed by atoms with E-state index >= 15 is 0 Å². The van der Waals surface area contributed by atoms with Gasteiger partial charge in [0.15, 0.2) is 6.29 Å². The predicted octanol–water partition coefficient (Wildman–Crippen LogP) is -1.68. The number of nitrogens with zero attached hydrogens (tertiary/aromatic N) is 2. The molecule has 0 saturated carbocycles. The zero-order valence-corrected chi connectivity index (χ0v) is 16.6. The van der Waals surface area contributed by atoms with Crippen molar-refractivity contribution < 1.29 is 39.9 Å². The zero-order valence-electron chi connectivity index (χ0n) is 16.6. The predicted molar refractivity (Wildman–Crippen MR) is 96.3 cm³/mol. The SMILES string of the molecule is CC1(C)CC(=NNC(=O)COCC2OC(O)C(O)C(O)C2O)CC(C)(C)N1O. The molecule has 0 aliphatic carbocycles. The minimum Gasteiger partial charge on any atom is -0.387 e. The van der Waals surface area contributed by atoms with Gasteiger partial charge in [0.25, 0.3) is 5.91 Å². The van der Waals surface area contributed by atoms with E-state index in [-0.39, 0.29) is 13.2 Å². The molecular formula is C17H31N3O8. The van der Waals surface area contributed by atoms with Gasteiger partial charge >= 0.3 is 0 Å². The number of carbonyl (C=O) groups excluding carboxylic acids is 1. The Morgan fingerprint density at radius 3 is 2.29 bits per heavy atom. The van der Waals surface area contributed by atoms with Crippen molar-refractivity contribution in [2.45, 2.75) is 82.3 Å². The highest BCUT2D eigenvalue weighted by molar-refractivity contribution is 5.89. The van der Waals surface area contributed by atoms with E-state index in [2.05, 4.69) is 10.5 Å². The summed E-state index contributed by atoms with van der Waals surface area (Å²) >= 11 is 0. The maximum Gasteiger partial charge on any atom is 0.266 e. The molecule has 0 aromatic carbocycles. The number of rotatable bonds is 5. The monoisotopic (exact) mass is 405 g/mol. The van der Waals surface area contributed by atoms with Crippen LogP contribution >= 0.6 is 0 Å². The van der Waals surface area contributed by atoms with Crippen LogP contribution in [0.4, 0.5) is 0 Å². The molecule has 0 aromatic rings. The highest BCUT2D eigenvalue weighted by atomic mass is 16.6. The Bertz CT molecular complexity index is 577. The van der Waals surface area contributed by atoms with Crippen LogP contribution in [-0.4, -0.2) is 97.3 Å². The molecule has 28 heavy (non-hydrogen) atoms. The third-order valence-electron chi connectivity index (χ3n) is 4.96. The van der Waals surface area contributed by atoms with Crippen LogP contribution in [-0.2, 0) is 14.3 Å². The molecule has 2 rings (SSSR count). The van der Waals surface area contributed by atoms with Crippen molar-refractivity contribution in [2.75, 3.05) is 13.2 Å². The molecular weight excluding hydrogens is 374 g/mol. The summed E-state index contributed by atoms with van der Waals surface area (Å²) in [4.78, 5) is 11.9. The summed E-state index contributed by atoms with van der Waals surface area (Å²) in [5, 5.41) is 54.0. The van der Waals surface area contributed by atoms with E-state index in [1.807, 2.05) is 27.7 Å². The van der Waals surface area contributed by atoms with E-state index in [1.54, 1.807) is 0 Å². The molecule has 5 atom stereocenters. The van der Waals surface area contributed by atoms with Crippen LogP contribution in [0, 0.1) is 0 Å². The number of hydrogen-bond acceptors (Lipinski definition) is 10. The van der Waals surface area contributed by atoms with Gasteiger partial charge in [0.1, 0.15) is 31.0 Å². The number of hydrazone groups is 1. The molecule has 2 aliphatic heterocycles. The van der Waals surface area contributed by atoms with Gasteiger partial charge in [-0.05, 0) is 27.7 Å². The van der Waals surface area contributed by atoms with Gasteiger partial charge in [-0.1, -0.05) is 0 Å². The molecule has 0 aromatic heterocycles. The Labute approximate surface area is 163 Å². The van der Waals surface area contributed by atoms with Gasteiger partial charge in [-0.3, -0.25) is 4.79 Å². The van der Waals surface area contributed by atoms with E-state index in [9.17, 15) is 30.4 Å². The minimum absolute atomic E-state index is 0.272. The first kappa shape index (κ1) is 23.1. The van der Waals surface area contributed by atoms with Gasteiger partial charge in [-0.2, -0.15) is 10.2 Å². The van der Waals surface area contributed by atoms with E-state index in [0.29, 0.717) is 12.8 Å². The van der Waals surface area contributed by atoms with Crippen molar-refractivity contribution in [1.29, 1.82) is 0 Å². The fraction of sp³-hybridized carbons (Fsp3) is 0.882. The second kappa shape index (κ2) is 8.67. The summed E-state index contributed by atoms with van der Waals surface area (Å²) in [6, 6.07) is 0. The van der Waals surface area contributed by atoms with E-state index < -0.39 is 47.7 Å². The lowest BCUT2D eigenvalue weighted by atomic mass is 9.81. The van der Waals surface area contributed by atoms with Crippen molar-refractivity contribution in [2.24, 2.45) is 5.10 Å². The molecule has 2 aliphatic rings. The lowest BCUT2D eigenvalue weighted by Gasteiger charge is -2.48. The van der Waals surface area contributed by atoms with Gasteiger partial charge in [-0.15, -0.1) is 0 Å². The van der Waals surface area contributed by atoms with Crippen LogP contribution in [0.15, 0.2) is 5.10 Å². The van der Waals surface area contributed by atoms with Crippen LogP contribution < -0.4 is 5.43 Å². The minimum atomic E-state index is -1.66. The Kier molecular flexibility index (Phi) is 7.16. The first-order valence-electron chi connectivity index (χ1n) is 9.14. The molecule has 1 amide bonds. The maximum atomic E-state index is 11.9. The molecule has 0 radical (unpaired) electrons. The molecule has 162 valence electrons. The standard InChI is InChI=1S/C17H31N3O8/c1-16(2)5-9(6-17(3,4)20(16)26)18-19-11(21)8-27-7-10-12(22)13(23)14(24)15(25)28-10/h10,12-15,22-26H,5-8H2,1-4H3,(H,19,21). The lowest BCUT2D eigenvalue weighted by molar-refractivity contribution is -0.288. The van der Waals surface area contributed by atoms with Crippen LogP contribution in [0.3, 0.4) is 0 Å². The van der Waals surface area contributed by atoms with Crippen molar-refractivity contribution in [3.63, 3.8) is 0 Å². The molecule has 0 bridgehead atoms. The highest BCUT2D eigenvalue weighted by Crippen LogP contribution is 2.34. The average molecular weight is 405 g/mol. The van der Waals surface area contributed by atoms with Crippen molar-refractivity contribution >= 4 is 11.6 Å². The van der Waals surface area contributed by atoms with Crippen LogP contribution in [0.5, 0.6) is 0 Å². The molecule has 5 unspecified atom stereocenters. The Morgan fingerprint density at radius 1 is 1.14 bits per heavy atom. The lowest BCUT2D eigenvalue weighted by Crippen LogP contribution is -2.59. The number of piperidine rings is 1. The second-order valence-electron chi connectivity index (χ2n) is 8.56. The van der Waals surface area contributed by atoms with E-state index in [0.717, 1.165) is 5.71 Å². The number of aliphatic hydroxyl groups is 4. The second-order valence-corrected chi connectivity index (χ2v) is 8.56. The van der Waals surface area contributed by atoms with Crippen molar-refractivity contribution in [3.8, 4) is 0 Å². The van der Waals surface area contributed by atoms with Gasteiger partial charge in [0.05, 0.1) is 6.61 Å². The Hall–Kier alpha value is -1.18. The van der Waals surface area contributed by atoms with Crippen LogP contribution in [0.2, 0.25) is 0 Å². The number of hydroxylamine groups is 2. The Balaban J connectivity index is 1.81.